The van der Waals surface area contributed by atoms with Crippen LogP contribution in [0.25, 0.3) is 0 Å². The number of carbonyl (C=O) groups is 2. The number of phenols is 1. The van der Waals surface area contributed by atoms with Crippen molar-refractivity contribution in [1.82, 2.24) is 0 Å². The SMILES string of the molecule is O=C(COC(=O)c1cccc(O)c1)Nc1ccccc1I. The maximum Gasteiger partial charge on any atom is 0.338 e. The van der Waals surface area contributed by atoms with Gasteiger partial charge in [-0.05, 0) is 52.9 Å². The number of hydrogen-bond donors (Lipinski definition) is 2. The third kappa shape index (κ3) is 4.45. The zero-order valence-corrected chi connectivity index (χ0v) is 13.0. The van der Waals surface area contributed by atoms with E-state index in [2.05, 4.69) is 27.9 Å². The van der Waals surface area contributed by atoms with E-state index in [1.54, 1.807) is 12.1 Å². The molecule has 0 spiro atoms. The van der Waals surface area contributed by atoms with Crippen molar-refractivity contribution in [3.63, 3.8) is 0 Å². The highest BCUT2D eigenvalue weighted by Gasteiger charge is 2.11. The molecule has 6 heteroatoms. The molecule has 0 fully saturated rings. The number of para-hydroxylation sites is 1. The van der Waals surface area contributed by atoms with E-state index in [9.17, 15) is 14.7 Å². The van der Waals surface area contributed by atoms with Gasteiger partial charge in [0.1, 0.15) is 5.75 Å². The Labute approximate surface area is 135 Å². The molecular weight excluding hydrogens is 385 g/mol. The Balaban J connectivity index is 1.90. The summed E-state index contributed by atoms with van der Waals surface area (Å²) < 4.78 is 5.78. The van der Waals surface area contributed by atoms with Gasteiger partial charge < -0.3 is 15.2 Å². The lowest BCUT2D eigenvalue weighted by Crippen LogP contribution is -2.21. The number of ether oxygens (including phenoxy) is 1. The average Bonchev–Trinajstić information content (AvgIpc) is 2.47. The standard InChI is InChI=1S/C15H12INO4/c16-12-6-1-2-7-13(12)17-14(19)9-21-15(20)10-4-3-5-11(18)8-10/h1-8,18H,9H2,(H,17,19). The van der Waals surface area contributed by atoms with E-state index in [1.165, 1.54) is 24.3 Å². The molecule has 0 saturated heterocycles. The number of hydrogen-bond acceptors (Lipinski definition) is 4. The number of esters is 1. The van der Waals surface area contributed by atoms with Crippen LogP contribution in [0.2, 0.25) is 0 Å². The van der Waals surface area contributed by atoms with Crippen molar-refractivity contribution in [3.8, 4) is 5.75 Å². The first kappa shape index (κ1) is 15.3. The first-order valence-corrected chi connectivity index (χ1v) is 7.14. The molecule has 0 heterocycles. The van der Waals surface area contributed by atoms with Gasteiger partial charge in [-0.15, -0.1) is 0 Å². The predicted molar refractivity (Wildman–Crippen MR) is 86.2 cm³/mol. The largest absolute Gasteiger partial charge is 0.508 e. The maximum absolute atomic E-state index is 11.7. The minimum atomic E-state index is -0.663. The molecule has 0 aromatic heterocycles. The van der Waals surface area contributed by atoms with Gasteiger partial charge in [0.25, 0.3) is 5.91 Å². The number of rotatable bonds is 4. The van der Waals surface area contributed by atoms with Crippen molar-refractivity contribution >= 4 is 40.2 Å². The zero-order valence-electron chi connectivity index (χ0n) is 10.9. The van der Waals surface area contributed by atoms with Crippen molar-refractivity contribution in [1.29, 1.82) is 0 Å². The summed E-state index contributed by atoms with van der Waals surface area (Å²) in [5.41, 5.74) is 0.855. The Morgan fingerprint density at radius 1 is 1.14 bits per heavy atom. The fourth-order valence-electron chi connectivity index (χ4n) is 1.60. The van der Waals surface area contributed by atoms with Crippen molar-refractivity contribution in [2.24, 2.45) is 0 Å². The van der Waals surface area contributed by atoms with E-state index in [0.29, 0.717) is 5.69 Å². The van der Waals surface area contributed by atoms with Gasteiger partial charge in [-0.2, -0.15) is 0 Å². The molecule has 0 aliphatic carbocycles. The zero-order chi connectivity index (χ0) is 15.2. The van der Waals surface area contributed by atoms with E-state index in [0.717, 1.165) is 3.57 Å². The maximum atomic E-state index is 11.7. The second-order valence-electron chi connectivity index (χ2n) is 4.15. The predicted octanol–water partition coefficient (Wildman–Crippen LogP) is 2.79. The molecule has 5 nitrogen and oxygen atoms in total. The topological polar surface area (TPSA) is 75.6 Å². The highest BCUT2D eigenvalue weighted by atomic mass is 127. The van der Waals surface area contributed by atoms with Crippen LogP contribution in [-0.4, -0.2) is 23.6 Å². The summed E-state index contributed by atoms with van der Waals surface area (Å²) in [7, 11) is 0. The highest BCUT2D eigenvalue weighted by Crippen LogP contribution is 2.17. The first-order chi connectivity index (χ1) is 10.1. The minimum absolute atomic E-state index is 0.0345. The number of halogens is 1. The molecule has 21 heavy (non-hydrogen) atoms. The molecule has 0 atom stereocenters. The van der Waals surface area contributed by atoms with Crippen LogP contribution in [0, 0.1) is 3.57 Å². The smallest absolute Gasteiger partial charge is 0.338 e. The van der Waals surface area contributed by atoms with Crippen LogP contribution in [0.4, 0.5) is 5.69 Å². The van der Waals surface area contributed by atoms with Crippen LogP contribution in [0.15, 0.2) is 48.5 Å². The summed E-state index contributed by atoms with van der Waals surface area (Å²) in [6, 6.07) is 13.0. The Morgan fingerprint density at radius 3 is 2.62 bits per heavy atom. The van der Waals surface area contributed by atoms with E-state index in [4.69, 9.17) is 4.74 Å². The van der Waals surface area contributed by atoms with Crippen LogP contribution < -0.4 is 5.32 Å². The van der Waals surface area contributed by atoms with Crippen molar-refractivity contribution in [3.05, 3.63) is 57.7 Å². The van der Waals surface area contributed by atoms with Crippen molar-refractivity contribution in [2.45, 2.75) is 0 Å². The van der Waals surface area contributed by atoms with E-state index in [-0.39, 0.29) is 17.9 Å². The normalized spacial score (nSPS) is 9.95. The van der Waals surface area contributed by atoms with Gasteiger partial charge in [0.05, 0.1) is 11.3 Å². The molecule has 2 N–H and O–H groups in total. The van der Waals surface area contributed by atoms with Gasteiger partial charge in [0, 0.05) is 3.57 Å². The number of anilines is 1. The Kier molecular flexibility index (Phi) is 5.15. The second-order valence-corrected chi connectivity index (χ2v) is 5.32. The Bertz CT molecular complexity index is 672. The molecule has 0 saturated carbocycles. The third-order valence-electron chi connectivity index (χ3n) is 2.56. The fraction of sp³-hybridized carbons (Fsp3) is 0.0667. The molecule has 0 aliphatic heterocycles. The lowest BCUT2D eigenvalue weighted by Gasteiger charge is -2.08. The third-order valence-corrected chi connectivity index (χ3v) is 3.50. The molecule has 0 unspecified atom stereocenters. The van der Waals surface area contributed by atoms with E-state index < -0.39 is 11.9 Å². The van der Waals surface area contributed by atoms with Gasteiger partial charge in [-0.1, -0.05) is 18.2 Å². The summed E-state index contributed by atoms with van der Waals surface area (Å²) in [6.07, 6.45) is 0. The summed E-state index contributed by atoms with van der Waals surface area (Å²) in [6.45, 7) is -0.389. The number of carbonyl (C=O) groups excluding carboxylic acids is 2. The van der Waals surface area contributed by atoms with Crippen LogP contribution in [-0.2, 0) is 9.53 Å². The van der Waals surface area contributed by atoms with E-state index in [1.807, 2.05) is 12.1 Å². The van der Waals surface area contributed by atoms with Crippen molar-refractivity contribution in [2.75, 3.05) is 11.9 Å². The summed E-state index contributed by atoms with van der Waals surface area (Å²) in [5.74, 6) is -1.12. The number of phenolic OH excluding ortho intramolecular Hbond substituents is 1. The second kappa shape index (κ2) is 7.07. The minimum Gasteiger partial charge on any atom is -0.508 e. The molecule has 108 valence electrons. The van der Waals surface area contributed by atoms with E-state index >= 15 is 0 Å². The highest BCUT2D eigenvalue weighted by molar-refractivity contribution is 14.1. The lowest BCUT2D eigenvalue weighted by molar-refractivity contribution is -0.119. The van der Waals surface area contributed by atoms with Crippen LogP contribution in [0.3, 0.4) is 0 Å². The summed E-state index contributed by atoms with van der Waals surface area (Å²) in [5, 5.41) is 11.9. The van der Waals surface area contributed by atoms with Crippen molar-refractivity contribution < 1.29 is 19.4 Å². The lowest BCUT2D eigenvalue weighted by atomic mass is 10.2. The molecule has 0 radical (unpaired) electrons. The van der Waals surface area contributed by atoms with Gasteiger partial charge in [-0.25, -0.2) is 4.79 Å². The molecule has 0 aliphatic rings. The number of amides is 1. The molecule has 2 rings (SSSR count). The summed E-state index contributed by atoms with van der Waals surface area (Å²) in [4.78, 5) is 23.4. The first-order valence-electron chi connectivity index (χ1n) is 6.07. The van der Waals surface area contributed by atoms with Crippen LogP contribution >= 0.6 is 22.6 Å². The quantitative estimate of drug-likeness (QED) is 0.615. The average molecular weight is 397 g/mol. The molecule has 2 aromatic carbocycles. The van der Waals surface area contributed by atoms with Gasteiger partial charge >= 0.3 is 5.97 Å². The monoisotopic (exact) mass is 397 g/mol. The van der Waals surface area contributed by atoms with Crippen LogP contribution in [0.5, 0.6) is 5.75 Å². The van der Waals surface area contributed by atoms with Crippen LogP contribution in [0.1, 0.15) is 10.4 Å². The Morgan fingerprint density at radius 2 is 1.90 bits per heavy atom. The number of aromatic hydroxyl groups is 1. The molecule has 1 amide bonds. The van der Waals surface area contributed by atoms with Gasteiger partial charge in [0.15, 0.2) is 6.61 Å². The number of benzene rings is 2. The molecular formula is C15H12INO4. The molecule has 0 bridgehead atoms. The number of nitrogens with one attached hydrogen (secondary N) is 1. The Hall–Kier alpha value is -2.09. The summed E-state index contributed by atoms with van der Waals surface area (Å²) >= 11 is 2.10. The van der Waals surface area contributed by atoms with Gasteiger partial charge in [0.2, 0.25) is 0 Å². The fourth-order valence-corrected chi connectivity index (χ4v) is 2.12. The molecule has 2 aromatic rings. The van der Waals surface area contributed by atoms with Gasteiger partial charge in [-0.3, -0.25) is 4.79 Å².